The molecule has 0 unspecified atom stereocenters. The van der Waals surface area contributed by atoms with E-state index in [-0.39, 0.29) is 11.5 Å². The molecular formula is C25H22O5. The molecule has 5 heteroatoms. The number of para-hydroxylation sites is 1. The molecule has 0 saturated carbocycles. The number of hydrogen-bond acceptors (Lipinski definition) is 5. The Hall–Kier alpha value is -3.86. The van der Waals surface area contributed by atoms with E-state index in [9.17, 15) is 9.59 Å². The maximum Gasteiger partial charge on any atom is 0.343 e. The first kappa shape index (κ1) is 20.9. The SMILES string of the molecule is COc1cccc(C(=O)Oc2ccc(C)cc2C(=O)/C=C/c2ccccc2OC)c1. The van der Waals surface area contributed by atoms with Crippen LogP contribution >= 0.6 is 0 Å². The second-order valence-electron chi connectivity index (χ2n) is 6.56. The van der Waals surface area contributed by atoms with Gasteiger partial charge in [-0.25, -0.2) is 4.79 Å². The van der Waals surface area contributed by atoms with Crippen LogP contribution in [0.25, 0.3) is 6.08 Å². The van der Waals surface area contributed by atoms with Crippen molar-refractivity contribution in [3.05, 3.63) is 95.1 Å². The summed E-state index contributed by atoms with van der Waals surface area (Å²) in [6.07, 6.45) is 3.12. The number of esters is 1. The highest BCUT2D eigenvalue weighted by atomic mass is 16.5. The Kier molecular flexibility index (Phi) is 6.65. The molecule has 0 fully saturated rings. The highest BCUT2D eigenvalue weighted by Crippen LogP contribution is 2.24. The first-order valence-corrected chi connectivity index (χ1v) is 9.34. The lowest BCUT2D eigenvalue weighted by atomic mass is 10.0. The predicted octanol–water partition coefficient (Wildman–Crippen LogP) is 5.13. The molecule has 5 nitrogen and oxygen atoms in total. The first-order valence-electron chi connectivity index (χ1n) is 9.34. The van der Waals surface area contributed by atoms with Crippen molar-refractivity contribution in [3.63, 3.8) is 0 Å². The van der Waals surface area contributed by atoms with E-state index >= 15 is 0 Å². The Morgan fingerprint density at radius 2 is 1.63 bits per heavy atom. The lowest BCUT2D eigenvalue weighted by molar-refractivity contribution is 0.0732. The Labute approximate surface area is 175 Å². The van der Waals surface area contributed by atoms with Gasteiger partial charge in [0.05, 0.1) is 25.3 Å². The lowest BCUT2D eigenvalue weighted by Gasteiger charge is -2.10. The molecule has 0 aliphatic rings. The normalized spacial score (nSPS) is 10.6. The van der Waals surface area contributed by atoms with Crippen molar-refractivity contribution in [2.24, 2.45) is 0 Å². The van der Waals surface area contributed by atoms with Crippen LogP contribution < -0.4 is 14.2 Å². The van der Waals surface area contributed by atoms with Gasteiger partial charge in [-0.3, -0.25) is 4.79 Å². The van der Waals surface area contributed by atoms with Crippen molar-refractivity contribution in [3.8, 4) is 17.2 Å². The molecule has 0 saturated heterocycles. The predicted molar refractivity (Wildman–Crippen MR) is 115 cm³/mol. The summed E-state index contributed by atoms with van der Waals surface area (Å²) in [7, 11) is 3.10. The topological polar surface area (TPSA) is 61.8 Å². The van der Waals surface area contributed by atoms with Crippen LogP contribution in [0, 0.1) is 6.92 Å². The number of allylic oxidation sites excluding steroid dienone is 1. The van der Waals surface area contributed by atoms with Gasteiger partial charge in [0.25, 0.3) is 0 Å². The molecule has 0 aliphatic heterocycles. The third-order valence-electron chi connectivity index (χ3n) is 4.46. The molecule has 0 heterocycles. The van der Waals surface area contributed by atoms with E-state index in [0.717, 1.165) is 11.1 Å². The molecule has 0 bridgehead atoms. The average Bonchev–Trinajstić information content (AvgIpc) is 2.78. The molecule has 3 aromatic carbocycles. The molecule has 0 atom stereocenters. The van der Waals surface area contributed by atoms with Crippen LogP contribution in [0.1, 0.15) is 31.8 Å². The van der Waals surface area contributed by atoms with Gasteiger partial charge in [0.2, 0.25) is 0 Å². The molecule has 0 radical (unpaired) electrons. The lowest BCUT2D eigenvalue weighted by Crippen LogP contribution is -2.11. The molecule has 0 amide bonds. The van der Waals surface area contributed by atoms with Crippen molar-refractivity contribution < 1.29 is 23.8 Å². The van der Waals surface area contributed by atoms with Gasteiger partial charge in [0.1, 0.15) is 17.2 Å². The van der Waals surface area contributed by atoms with E-state index in [1.165, 1.54) is 13.2 Å². The summed E-state index contributed by atoms with van der Waals surface area (Å²) in [6, 6.07) is 19.1. The number of carbonyl (C=O) groups excluding carboxylic acids is 2. The monoisotopic (exact) mass is 402 g/mol. The number of ketones is 1. The van der Waals surface area contributed by atoms with Crippen molar-refractivity contribution >= 4 is 17.8 Å². The molecule has 0 spiro atoms. The Morgan fingerprint density at radius 3 is 2.40 bits per heavy atom. The fourth-order valence-electron chi connectivity index (χ4n) is 2.89. The van der Waals surface area contributed by atoms with Gasteiger partial charge < -0.3 is 14.2 Å². The van der Waals surface area contributed by atoms with Crippen LogP contribution in [0.4, 0.5) is 0 Å². The van der Waals surface area contributed by atoms with E-state index in [0.29, 0.717) is 22.6 Å². The maximum atomic E-state index is 12.9. The van der Waals surface area contributed by atoms with Gasteiger partial charge in [-0.15, -0.1) is 0 Å². The summed E-state index contributed by atoms with van der Waals surface area (Å²) in [4.78, 5) is 25.5. The van der Waals surface area contributed by atoms with Crippen molar-refractivity contribution in [1.82, 2.24) is 0 Å². The average molecular weight is 402 g/mol. The van der Waals surface area contributed by atoms with Gasteiger partial charge >= 0.3 is 5.97 Å². The second-order valence-corrected chi connectivity index (χ2v) is 6.56. The minimum atomic E-state index is -0.569. The van der Waals surface area contributed by atoms with Crippen molar-refractivity contribution in [1.29, 1.82) is 0 Å². The molecule has 0 aliphatic carbocycles. The zero-order valence-electron chi connectivity index (χ0n) is 17.0. The van der Waals surface area contributed by atoms with E-state index in [4.69, 9.17) is 14.2 Å². The highest BCUT2D eigenvalue weighted by molar-refractivity contribution is 6.09. The molecule has 30 heavy (non-hydrogen) atoms. The molecule has 3 aromatic rings. The Balaban J connectivity index is 1.86. The minimum Gasteiger partial charge on any atom is -0.497 e. The van der Waals surface area contributed by atoms with Gasteiger partial charge in [0.15, 0.2) is 5.78 Å². The number of benzene rings is 3. The zero-order chi connectivity index (χ0) is 21.5. The molecule has 3 rings (SSSR count). The van der Waals surface area contributed by atoms with Crippen LogP contribution in [0.15, 0.2) is 72.8 Å². The van der Waals surface area contributed by atoms with Gasteiger partial charge in [0, 0.05) is 5.56 Å². The second kappa shape index (κ2) is 9.56. The van der Waals surface area contributed by atoms with Crippen molar-refractivity contribution in [2.45, 2.75) is 6.92 Å². The summed E-state index contributed by atoms with van der Waals surface area (Å²) in [5.74, 6) is 0.557. The number of ether oxygens (including phenoxy) is 3. The molecule has 0 aromatic heterocycles. The summed E-state index contributed by atoms with van der Waals surface area (Å²) < 4.78 is 16.0. The summed E-state index contributed by atoms with van der Waals surface area (Å²) in [6.45, 7) is 1.87. The van der Waals surface area contributed by atoms with Gasteiger partial charge in [-0.05, 0) is 55.5 Å². The van der Waals surface area contributed by atoms with E-state index in [1.54, 1.807) is 55.7 Å². The number of methoxy groups -OCH3 is 2. The number of hydrogen-bond donors (Lipinski definition) is 0. The maximum absolute atomic E-state index is 12.9. The molecule has 0 N–H and O–H groups in total. The fourth-order valence-corrected chi connectivity index (χ4v) is 2.89. The van der Waals surface area contributed by atoms with Gasteiger partial charge in [-0.2, -0.15) is 0 Å². The molecular weight excluding hydrogens is 380 g/mol. The zero-order valence-corrected chi connectivity index (χ0v) is 17.0. The minimum absolute atomic E-state index is 0.197. The van der Waals surface area contributed by atoms with E-state index < -0.39 is 5.97 Å². The molecule has 152 valence electrons. The third-order valence-corrected chi connectivity index (χ3v) is 4.46. The third kappa shape index (κ3) is 4.94. The summed E-state index contributed by atoms with van der Waals surface area (Å²) in [5, 5.41) is 0. The van der Waals surface area contributed by atoms with Crippen LogP contribution in [-0.4, -0.2) is 26.0 Å². The highest BCUT2D eigenvalue weighted by Gasteiger charge is 2.16. The van der Waals surface area contributed by atoms with Crippen molar-refractivity contribution in [2.75, 3.05) is 14.2 Å². The fraction of sp³-hybridized carbons (Fsp3) is 0.120. The van der Waals surface area contributed by atoms with Crippen LogP contribution in [-0.2, 0) is 0 Å². The largest absolute Gasteiger partial charge is 0.497 e. The first-order chi connectivity index (χ1) is 14.5. The van der Waals surface area contributed by atoms with Gasteiger partial charge in [-0.1, -0.05) is 35.9 Å². The Bertz CT molecular complexity index is 1100. The van der Waals surface area contributed by atoms with Crippen LogP contribution in [0.5, 0.6) is 17.2 Å². The standard InChI is InChI=1S/C25H22O5/c1-17-11-14-24(30-25(27)19-8-6-9-20(16-19)28-2)21(15-17)22(26)13-12-18-7-4-5-10-23(18)29-3/h4-16H,1-3H3/b13-12+. The summed E-state index contributed by atoms with van der Waals surface area (Å²) in [5.41, 5.74) is 2.29. The number of rotatable bonds is 7. The number of aryl methyl sites for hydroxylation is 1. The van der Waals surface area contributed by atoms with E-state index in [1.807, 2.05) is 31.2 Å². The Morgan fingerprint density at radius 1 is 0.833 bits per heavy atom. The quantitative estimate of drug-likeness (QED) is 0.237. The summed E-state index contributed by atoms with van der Waals surface area (Å²) >= 11 is 0. The van der Waals surface area contributed by atoms with Crippen LogP contribution in [0.2, 0.25) is 0 Å². The van der Waals surface area contributed by atoms with Crippen LogP contribution in [0.3, 0.4) is 0 Å². The smallest absolute Gasteiger partial charge is 0.343 e. The van der Waals surface area contributed by atoms with E-state index in [2.05, 4.69) is 0 Å². The number of carbonyl (C=O) groups is 2.